The second-order valence-electron chi connectivity index (χ2n) is 2.97. The Labute approximate surface area is 111 Å². The number of aliphatic hydroxyl groups excluding tert-OH is 1. The third-order valence-corrected chi connectivity index (χ3v) is 0.771. The first-order chi connectivity index (χ1) is 4.79. The van der Waals surface area contributed by atoms with Gasteiger partial charge in [0, 0.05) is 0 Å². The van der Waals surface area contributed by atoms with Gasteiger partial charge in [0.15, 0.2) is 0 Å². The van der Waals surface area contributed by atoms with E-state index in [1.54, 1.807) is 0 Å². The molecule has 0 saturated heterocycles. The third-order valence-electron chi connectivity index (χ3n) is 0.771. The van der Waals surface area contributed by atoms with Crippen LogP contribution in [0.2, 0.25) is 0 Å². The molecular weight excluding hydrogens is 229 g/mol. The molecule has 0 fully saturated rings. The van der Waals surface area contributed by atoms with Crippen LogP contribution in [0.5, 0.6) is 0 Å². The van der Waals surface area contributed by atoms with Gasteiger partial charge in [0.05, 0.1) is 27.7 Å². The maximum absolute atomic E-state index is 8.67. The summed E-state index contributed by atoms with van der Waals surface area (Å²) in [5.74, 6) is 0. The first-order valence-electron chi connectivity index (χ1n) is 3.01. The van der Waals surface area contributed by atoms with Gasteiger partial charge >= 0.3 is 29.6 Å². The van der Waals surface area contributed by atoms with Crippen LogP contribution in [0.15, 0.2) is 0 Å². The number of halogens is 1. The van der Waals surface area contributed by atoms with E-state index < -0.39 is 11.4 Å². The summed E-state index contributed by atoms with van der Waals surface area (Å²) in [6.07, 6.45) is 0. The van der Waals surface area contributed by atoms with Gasteiger partial charge in [-0.2, -0.15) is 4.21 Å². The summed E-state index contributed by atoms with van der Waals surface area (Å²) in [7, 11) is 6.16. The molecule has 80 valence electrons. The van der Waals surface area contributed by atoms with Gasteiger partial charge in [-0.05, 0) is 0 Å². The molecule has 0 aromatic rings. The number of quaternary nitrogens is 1. The Morgan fingerprint density at radius 1 is 1.31 bits per heavy atom. The van der Waals surface area contributed by atoms with Crippen LogP contribution in [0, 0.1) is 0 Å². The Kier molecular flexibility index (Phi) is 24.3. The molecule has 0 spiro atoms. The molecule has 13 heavy (non-hydrogen) atoms. The van der Waals surface area contributed by atoms with E-state index in [4.69, 9.17) is 18.4 Å². The van der Waals surface area contributed by atoms with Crippen LogP contribution in [-0.2, 0) is 11.4 Å². The van der Waals surface area contributed by atoms with Crippen LogP contribution in [0.4, 0.5) is 0 Å². The zero-order chi connectivity index (χ0) is 9.49. The number of aliphatic hydroxyl groups is 1. The fourth-order valence-corrected chi connectivity index (χ4v) is 0.300. The first kappa shape index (κ1) is 23.8. The van der Waals surface area contributed by atoms with Crippen LogP contribution in [0.3, 0.4) is 0 Å². The molecule has 5 nitrogen and oxygen atoms in total. The zero-order valence-corrected chi connectivity index (χ0v) is 12.1. The second kappa shape index (κ2) is 13.3. The van der Waals surface area contributed by atoms with Crippen molar-refractivity contribution in [2.75, 3.05) is 34.3 Å². The van der Waals surface area contributed by atoms with Crippen molar-refractivity contribution in [1.29, 1.82) is 0 Å². The fourth-order valence-electron chi connectivity index (χ4n) is 0.300. The van der Waals surface area contributed by atoms with Crippen LogP contribution < -0.4 is 29.6 Å². The number of hydrogen-bond donors (Lipinski definition) is 3. The van der Waals surface area contributed by atoms with Gasteiger partial charge in [-0.25, -0.2) is 0 Å². The Balaban J connectivity index is -0.0000000347. The number of hydrogen-bond acceptors (Lipinski definition) is 2. The van der Waals surface area contributed by atoms with E-state index in [0.717, 1.165) is 11.0 Å². The van der Waals surface area contributed by atoms with Crippen molar-refractivity contribution in [2.24, 2.45) is 0 Å². The molecule has 0 unspecified atom stereocenters. The summed E-state index contributed by atoms with van der Waals surface area (Å²) >= 11 is -2.61. The summed E-state index contributed by atoms with van der Waals surface area (Å²) in [6.45, 7) is 1.11. The molecule has 0 aliphatic carbocycles. The van der Waals surface area contributed by atoms with Gasteiger partial charge in [-0.3, -0.25) is 9.11 Å². The maximum Gasteiger partial charge on any atom is 1.00 e. The molecule has 3 N–H and O–H groups in total. The van der Waals surface area contributed by atoms with Crippen molar-refractivity contribution in [2.45, 2.75) is 0 Å². The summed E-state index contributed by atoms with van der Waals surface area (Å²) in [4.78, 5) is 0. The minimum atomic E-state index is -2.61. The quantitative estimate of drug-likeness (QED) is 0.274. The SMILES string of the molecule is C[N+](C)(C)CCO.Cl.O=S(O)O.[H-].[Na+]. The molecule has 0 rings (SSSR count). The van der Waals surface area contributed by atoms with Crippen LogP contribution in [0.1, 0.15) is 1.43 Å². The van der Waals surface area contributed by atoms with Crippen LogP contribution >= 0.6 is 12.4 Å². The standard InChI is InChI=1S/C5H14NO.ClH.Na.H2O3S.H/c1-6(2,3)4-5-7;;;1-4(2)3;/h7H,4-5H2,1-3H3;1H;;(H2,1,2,3);/q+1;;+1;;-1. The average molecular weight is 247 g/mol. The maximum atomic E-state index is 8.67. The van der Waals surface area contributed by atoms with Crippen molar-refractivity contribution in [3.63, 3.8) is 0 Å². The van der Waals surface area contributed by atoms with E-state index in [1.807, 2.05) is 0 Å². The average Bonchev–Trinajstić information content (AvgIpc) is 1.58. The normalized spacial score (nSPS) is 9.15. The predicted octanol–water partition coefficient (Wildman–Crippen LogP) is -3.10. The predicted molar refractivity (Wildman–Crippen MR) is 51.7 cm³/mol. The molecule has 0 heterocycles. The van der Waals surface area contributed by atoms with E-state index in [1.165, 1.54) is 0 Å². The Morgan fingerprint density at radius 3 is 1.54 bits per heavy atom. The molecule has 0 atom stereocenters. The molecule has 0 bridgehead atoms. The number of nitrogens with zero attached hydrogens (tertiary/aromatic N) is 1. The first-order valence-corrected chi connectivity index (χ1v) is 4.07. The van der Waals surface area contributed by atoms with Gasteiger partial charge in [0.2, 0.25) is 0 Å². The molecule has 0 aromatic heterocycles. The summed E-state index contributed by atoms with van der Waals surface area (Å²) in [5.41, 5.74) is 0. The Hall–Kier alpha value is 1.28. The molecule has 0 radical (unpaired) electrons. The third kappa shape index (κ3) is 60.6. The van der Waals surface area contributed by atoms with E-state index in [-0.39, 0.29) is 50.0 Å². The molecule has 0 aliphatic rings. The van der Waals surface area contributed by atoms with Crippen LogP contribution in [0.25, 0.3) is 0 Å². The minimum absolute atomic E-state index is 0. The van der Waals surface area contributed by atoms with Crippen molar-refractivity contribution in [3.05, 3.63) is 0 Å². The largest absolute Gasteiger partial charge is 1.00 e. The Bertz CT molecular complexity index is 123. The van der Waals surface area contributed by atoms with Crippen molar-refractivity contribution >= 4 is 23.8 Å². The molecule has 0 aromatic carbocycles. The van der Waals surface area contributed by atoms with E-state index >= 15 is 0 Å². The summed E-state index contributed by atoms with van der Waals surface area (Å²) in [6, 6.07) is 0. The van der Waals surface area contributed by atoms with Gasteiger partial charge in [-0.15, -0.1) is 12.4 Å². The summed E-state index contributed by atoms with van der Waals surface area (Å²) < 4.78 is 23.7. The minimum Gasteiger partial charge on any atom is -1.00 e. The van der Waals surface area contributed by atoms with Crippen molar-refractivity contribution in [3.8, 4) is 0 Å². The molecule has 0 amide bonds. The number of rotatable bonds is 2. The zero-order valence-electron chi connectivity index (χ0n) is 9.43. The van der Waals surface area contributed by atoms with Crippen molar-refractivity contribution in [1.82, 2.24) is 0 Å². The van der Waals surface area contributed by atoms with Crippen LogP contribution in [-0.4, -0.2) is 57.2 Å². The molecule has 8 heteroatoms. The number of likely N-dealkylation sites (N-methyl/N-ethyl adjacent to an activating group) is 1. The molecule has 0 aliphatic heterocycles. The van der Waals surface area contributed by atoms with Crippen molar-refractivity contribution < 1.29 is 53.9 Å². The van der Waals surface area contributed by atoms with Gasteiger partial charge in [0.25, 0.3) is 11.4 Å². The molecular formula is C5H18ClNNaO4S+. The van der Waals surface area contributed by atoms with Gasteiger partial charge in [-0.1, -0.05) is 0 Å². The van der Waals surface area contributed by atoms with E-state index in [2.05, 4.69) is 21.1 Å². The van der Waals surface area contributed by atoms with E-state index in [9.17, 15) is 0 Å². The smallest absolute Gasteiger partial charge is 1.00 e. The topological polar surface area (TPSA) is 77.8 Å². The summed E-state index contributed by atoms with van der Waals surface area (Å²) in [5, 5.41) is 8.39. The fraction of sp³-hybridized carbons (Fsp3) is 1.00. The molecule has 0 saturated carbocycles. The van der Waals surface area contributed by atoms with Gasteiger partial charge in [0.1, 0.15) is 6.54 Å². The Morgan fingerprint density at radius 2 is 1.54 bits per heavy atom. The monoisotopic (exact) mass is 246 g/mol. The second-order valence-corrected chi connectivity index (χ2v) is 3.43. The van der Waals surface area contributed by atoms with E-state index in [0.29, 0.717) is 0 Å². The van der Waals surface area contributed by atoms with Gasteiger partial charge < -0.3 is 11.0 Å².